The molecule has 1 aromatic carbocycles. The van der Waals surface area contributed by atoms with Crippen molar-refractivity contribution in [2.45, 2.75) is 35.3 Å². The first-order valence-corrected chi connectivity index (χ1v) is 9.23. The number of nitrogens with zero attached hydrogens (tertiary/aromatic N) is 1. The van der Waals surface area contributed by atoms with Crippen LogP contribution in [0.5, 0.6) is 0 Å². The number of furan rings is 1. The second-order valence-corrected chi connectivity index (χ2v) is 8.05. The lowest BCUT2D eigenvalue weighted by molar-refractivity contribution is 0.0643. The molecule has 0 atom stereocenters. The molecule has 0 unspecified atom stereocenters. The van der Waals surface area contributed by atoms with Gasteiger partial charge in [-0.05, 0) is 55.8 Å². The normalized spacial score (nSPS) is 17.1. The predicted octanol–water partition coefficient (Wildman–Crippen LogP) is 4.69. The van der Waals surface area contributed by atoms with E-state index in [2.05, 4.69) is 0 Å². The molecule has 1 fully saturated rings. The van der Waals surface area contributed by atoms with E-state index in [4.69, 9.17) is 33.4 Å². The maximum Gasteiger partial charge on any atom is 0.289 e. The van der Waals surface area contributed by atoms with Crippen LogP contribution in [0.4, 0.5) is 0 Å². The third kappa shape index (κ3) is 3.91. The number of likely N-dealkylation sites (tertiary alicyclic amines) is 1. The topological polar surface area (TPSA) is 59.5 Å². The molecule has 0 spiro atoms. The summed E-state index contributed by atoms with van der Waals surface area (Å²) in [5, 5.41) is 1.68. The predicted molar refractivity (Wildman–Crippen MR) is 97.0 cm³/mol. The maximum atomic E-state index is 12.5. The Labute approximate surface area is 155 Å². The molecule has 1 aliphatic rings. The summed E-state index contributed by atoms with van der Waals surface area (Å²) in [5.41, 5.74) is 5.91. The van der Waals surface area contributed by atoms with E-state index < -0.39 is 0 Å². The van der Waals surface area contributed by atoms with Crippen LogP contribution in [-0.2, 0) is 0 Å². The van der Waals surface area contributed by atoms with Crippen LogP contribution in [0.2, 0.25) is 10.0 Å². The van der Waals surface area contributed by atoms with Gasteiger partial charge in [-0.25, -0.2) is 0 Å². The highest BCUT2D eigenvalue weighted by molar-refractivity contribution is 7.99. The molecule has 0 saturated carbocycles. The highest BCUT2D eigenvalue weighted by Gasteiger charge is 2.30. The number of piperidine rings is 1. The number of halogens is 2. The van der Waals surface area contributed by atoms with Gasteiger partial charge in [0.1, 0.15) is 0 Å². The molecule has 1 aliphatic heterocycles. The van der Waals surface area contributed by atoms with Crippen LogP contribution in [0.15, 0.2) is 44.7 Å². The summed E-state index contributed by atoms with van der Waals surface area (Å²) in [4.78, 5) is 15.0. The molecular weight excluding hydrogens is 367 g/mol. The van der Waals surface area contributed by atoms with Crippen LogP contribution in [0.25, 0.3) is 0 Å². The van der Waals surface area contributed by atoms with E-state index in [0.717, 1.165) is 12.8 Å². The van der Waals surface area contributed by atoms with Gasteiger partial charge in [-0.2, -0.15) is 0 Å². The Morgan fingerprint density at radius 3 is 2.46 bits per heavy atom. The zero-order valence-corrected chi connectivity index (χ0v) is 15.5. The molecular formula is C17H18Cl2N2O2S. The third-order valence-corrected chi connectivity index (χ3v) is 6.03. The highest BCUT2D eigenvalue weighted by atomic mass is 35.5. The first-order chi connectivity index (χ1) is 11.4. The SMILES string of the molecule is CC1(N)CCN(C(=O)c2ccc(Sc3c(Cl)cccc3Cl)o2)CC1. The lowest BCUT2D eigenvalue weighted by Crippen LogP contribution is -2.49. The number of rotatable bonds is 3. The van der Waals surface area contributed by atoms with E-state index in [9.17, 15) is 4.79 Å². The summed E-state index contributed by atoms with van der Waals surface area (Å²) in [6, 6.07) is 8.76. The summed E-state index contributed by atoms with van der Waals surface area (Å²) in [5.74, 6) is 0.212. The third-order valence-electron chi connectivity index (χ3n) is 4.11. The number of nitrogens with two attached hydrogens (primary N) is 1. The van der Waals surface area contributed by atoms with Crippen LogP contribution < -0.4 is 5.73 Å². The van der Waals surface area contributed by atoms with Crippen LogP contribution in [-0.4, -0.2) is 29.4 Å². The van der Waals surface area contributed by atoms with Crippen molar-refractivity contribution in [2.75, 3.05) is 13.1 Å². The van der Waals surface area contributed by atoms with Crippen molar-refractivity contribution >= 4 is 40.9 Å². The average Bonchev–Trinajstić information content (AvgIpc) is 2.99. The first kappa shape index (κ1) is 17.7. The minimum absolute atomic E-state index is 0.109. The van der Waals surface area contributed by atoms with Crippen LogP contribution in [0, 0.1) is 0 Å². The fraction of sp³-hybridized carbons (Fsp3) is 0.353. The van der Waals surface area contributed by atoms with Gasteiger partial charge in [0, 0.05) is 18.6 Å². The van der Waals surface area contributed by atoms with E-state index in [1.165, 1.54) is 11.8 Å². The minimum Gasteiger partial charge on any atom is -0.444 e. The van der Waals surface area contributed by atoms with Crippen molar-refractivity contribution in [2.24, 2.45) is 5.73 Å². The second-order valence-electron chi connectivity index (χ2n) is 6.22. The van der Waals surface area contributed by atoms with Gasteiger partial charge < -0.3 is 15.1 Å². The molecule has 1 amide bonds. The van der Waals surface area contributed by atoms with E-state index in [0.29, 0.717) is 38.9 Å². The zero-order valence-electron chi connectivity index (χ0n) is 13.2. The van der Waals surface area contributed by atoms with Gasteiger partial charge in [0.05, 0.1) is 14.9 Å². The summed E-state index contributed by atoms with van der Waals surface area (Å²) >= 11 is 13.6. The highest BCUT2D eigenvalue weighted by Crippen LogP contribution is 2.39. The number of amides is 1. The van der Waals surface area contributed by atoms with Crippen molar-refractivity contribution < 1.29 is 9.21 Å². The monoisotopic (exact) mass is 384 g/mol. The molecule has 2 aromatic rings. The maximum absolute atomic E-state index is 12.5. The van der Waals surface area contributed by atoms with Gasteiger partial charge in [-0.1, -0.05) is 29.3 Å². The molecule has 1 saturated heterocycles. The molecule has 3 rings (SSSR count). The smallest absolute Gasteiger partial charge is 0.289 e. The Hall–Kier alpha value is -1.14. The first-order valence-electron chi connectivity index (χ1n) is 7.66. The van der Waals surface area contributed by atoms with Gasteiger partial charge in [0.25, 0.3) is 5.91 Å². The summed E-state index contributed by atoms with van der Waals surface area (Å²) in [6.45, 7) is 3.31. The molecule has 0 bridgehead atoms. The van der Waals surface area contributed by atoms with Crippen molar-refractivity contribution in [3.63, 3.8) is 0 Å². The Bertz CT molecular complexity index is 731. The van der Waals surface area contributed by atoms with Gasteiger partial charge in [0.2, 0.25) is 0 Å². The molecule has 0 radical (unpaired) electrons. The van der Waals surface area contributed by atoms with E-state index in [1.807, 2.05) is 6.92 Å². The number of benzene rings is 1. The summed E-state index contributed by atoms with van der Waals surface area (Å²) in [7, 11) is 0. The molecule has 1 aromatic heterocycles. The van der Waals surface area contributed by atoms with Crippen molar-refractivity contribution in [1.82, 2.24) is 4.90 Å². The fourth-order valence-corrected chi connectivity index (χ4v) is 3.98. The molecule has 128 valence electrons. The van der Waals surface area contributed by atoms with Gasteiger partial charge in [-0.3, -0.25) is 4.79 Å². The Morgan fingerprint density at radius 2 is 1.83 bits per heavy atom. The quantitative estimate of drug-likeness (QED) is 0.833. The van der Waals surface area contributed by atoms with E-state index >= 15 is 0 Å². The lowest BCUT2D eigenvalue weighted by atomic mass is 9.91. The Morgan fingerprint density at radius 1 is 1.21 bits per heavy atom. The zero-order chi connectivity index (χ0) is 17.3. The summed E-state index contributed by atoms with van der Waals surface area (Å²) < 4.78 is 5.69. The molecule has 7 heteroatoms. The standard InChI is InChI=1S/C17H18Cl2N2O2S/c1-17(20)7-9-21(10-8-17)16(22)13-5-6-14(23-13)24-15-11(18)3-2-4-12(15)19/h2-6H,7-10,20H2,1H3. The van der Waals surface area contributed by atoms with Gasteiger partial charge in [0.15, 0.2) is 10.9 Å². The van der Waals surface area contributed by atoms with Gasteiger partial charge >= 0.3 is 0 Å². The Kier molecular flexibility index (Phi) is 5.16. The van der Waals surface area contributed by atoms with Crippen molar-refractivity contribution in [3.8, 4) is 0 Å². The fourth-order valence-electron chi connectivity index (χ4n) is 2.55. The Balaban J connectivity index is 1.71. The minimum atomic E-state index is -0.193. The van der Waals surface area contributed by atoms with Crippen molar-refractivity contribution in [3.05, 3.63) is 46.1 Å². The molecule has 2 heterocycles. The number of hydrogen-bond donors (Lipinski definition) is 1. The van der Waals surface area contributed by atoms with Gasteiger partial charge in [-0.15, -0.1) is 0 Å². The lowest BCUT2D eigenvalue weighted by Gasteiger charge is -2.36. The molecule has 24 heavy (non-hydrogen) atoms. The number of carbonyl (C=O) groups is 1. The van der Waals surface area contributed by atoms with Crippen molar-refractivity contribution in [1.29, 1.82) is 0 Å². The number of hydrogen-bond acceptors (Lipinski definition) is 4. The molecule has 4 nitrogen and oxygen atoms in total. The molecule has 0 aliphatic carbocycles. The summed E-state index contributed by atoms with van der Waals surface area (Å²) in [6.07, 6.45) is 1.58. The largest absolute Gasteiger partial charge is 0.444 e. The van der Waals surface area contributed by atoms with Crippen LogP contribution >= 0.6 is 35.0 Å². The van der Waals surface area contributed by atoms with Crippen LogP contribution in [0.3, 0.4) is 0 Å². The average molecular weight is 385 g/mol. The second kappa shape index (κ2) is 7.00. The van der Waals surface area contributed by atoms with E-state index in [-0.39, 0.29) is 11.4 Å². The van der Waals surface area contributed by atoms with Crippen LogP contribution in [0.1, 0.15) is 30.3 Å². The number of carbonyl (C=O) groups excluding carboxylic acids is 1. The molecule has 2 N–H and O–H groups in total. The van der Waals surface area contributed by atoms with E-state index in [1.54, 1.807) is 35.2 Å².